The van der Waals surface area contributed by atoms with E-state index >= 15 is 0 Å². The first-order chi connectivity index (χ1) is 10.8. The van der Waals surface area contributed by atoms with E-state index in [-0.39, 0.29) is 10.9 Å². The number of sulfone groups is 1. The van der Waals surface area contributed by atoms with Gasteiger partial charge < -0.3 is 0 Å². The normalized spacial score (nSPS) is 11.8. The van der Waals surface area contributed by atoms with E-state index in [0.29, 0.717) is 9.34 Å². The monoisotopic (exact) mass is 367 g/mol. The highest BCUT2D eigenvalue weighted by molar-refractivity contribution is 7.90. The summed E-state index contributed by atoms with van der Waals surface area (Å²) in [7, 11) is -3.62. The van der Waals surface area contributed by atoms with Crippen LogP contribution in [0.25, 0.3) is 5.69 Å². The number of hydrogen-bond donors (Lipinski definition) is 0. The number of hydrogen-bond acceptors (Lipinski definition) is 5. The number of aromatic nitrogens is 3. The molecular formula is C15H14ClN3O2S2. The molecule has 0 N–H and O–H groups in total. The van der Waals surface area contributed by atoms with Crippen molar-refractivity contribution in [3.8, 4) is 5.69 Å². The molecule has 8 heteroatoms. The second-order valence-corrected chi connectivity index (χ2v) is 8.87. The van der Waals surface area contributed by atoms with Crippen molar-refractivity contribution in [2.45, 2.75) is 24.8 Å². The van der Waals surface area contributed by atoms with E-state index in [1.807, 2.05) is 32.0 Å². The molecule has 5 nitrogen and oxygen atoms in total. The van der Waals surface area contributed by atoms with Gasteiger partial charge in [-0.15, -0.1) is 11.3 Å². The van der Waals surface area contributed by atoms with E-state index in [1.165, 1.54) is 12.4 Å². The number of benzene rings is 1. The summed E-state index contributed by atoms with van der Waals surface area (Å²) in [6.07, 6.45) is 4.59. The molecule has 120 valence electrons. The minimum Gasteiger partial charge on any atom is -0.291 e. The van der Waals surface area contributed by atoms with E-state index in [1.54, 1.807) is 10.8 Å². The van der Waals surface area contributed by atoms with Crippen LogP contribution < -0.4 is 0 Å². The fraction of sp³-hybridized carbons (Fsp3) is 0.200. The van der Waals surface area contributed by atoms with Gasteiger partial charge >= 0.3 is 0 Å². The number of imidazole rings is 1. The Kier molecular flexibility index (Phi) is 4.27. The van der Waals surface area contributed by atoms with Crippen molar-refractivity contribution in [2.24, 2.45) is 0 Å². The third-order valence-electron chi connectivity index (χ3n) is 3.21. The summed E-state index contributed by atoms with van der Waals surface area (Å²) < 4.78 is 27.4. The van der Waals surface area contributed by atoms with Crippen molar-refractivity contribution in [1.29, 1.82) is 0 Å². The maximum atomic E-state index is 12.7. The lowest BCUT2D eigenvalue weighted by Gasteiger charge is -2.10. The van der Waals surface area contributed by atoms with Gasteiger partial charge in [-0.2, -0.15) is 0 Å². The molecule has 0 saturated heterocycles. The molecule has 0 atom stereocenters. The summed E-state index contributed by atoms with van der Waals surface area (Å²) >= 11 is 6.97. The van der Waals surface area contributed by atoms with Gasteiger partial charge in [-0.05, 0) is 37.1 Å². The fourth-order valence-corrected chi connectivity index (χ4v) is 5.06. The van der Waals surface area contributed by atoms with E-state index < -0.39 is 9.84 Å². The Morgan fingerprint density at radius 1 is 1.17 bits per heavy atom. The van der Waals surface area contributed by atoms with Gasteiger partial charge in [-0.25, -0.2) is 18.4 Å². The first-order valence-corrected chi connectivity index (χ1v) is 9.65. The van der Waals surface area contributed by atoms with Gasteiger partial charge in [0.2, 0.25) is 15.0 Å². The Balaban J connectivity index is 2.03. The molecular weight excluding hydrogens is 354 g/mol. The Morgan fingerprint density at radius 3 is 2.48 bits per heavy atom. The highest BCUT2D eigenvalue weighted by Gasteiger charge is 2.23. The third kappa shape index (κ3) is 3.46. The Labute approximate surface area is 143 Å². The topological polar surface area (TPSA) is 64.8 Å². The van der Waals surface area contributed by atoms with Crippen molar-refractivity contribution in [1.82, 2.24) is 14.5 Å². The molecule has 23 heavy (non-hydrogen) atoms. The second-order valence-electron chi connectivity index (χ2n) is 5.24. The van der Waals surface area contributed by atoms with Crippen LogP contribution in [0.1, 0.15) is 16.1 Å². The van der Waals surface area contributed by atoms with Gasteiger partial charge in [0, 0.05) is 18.1 Å². The Bertz CT molecular complexity index is 941. The van der Waals surface area contributed by atoms with Crippen LogP contribution in [0, 0.1) is 13.8 Å². The Hall–Kier alpha value is -1.70. The predicted molar refractivity (Wildman–Crippen MR) is 91.1 cm³/mol. The molecule has 2 heterocycles. The molecule has 1 aromatic carbocycles. The van der Waals surface area contributed by atoms with Gasteiger partial charge in [0.15, 0.2) is 0 Å². The van der Waals surface area contributed by atoms with E-state index in [0.717, 1.165) is 28.2 Å². The molecule has 3 aromatic rings. The van der Waals surface area contributed by atoms with Crippen molar-refractivity contribution >= 4 is 32.8 Å². The molecule has 3 rings (SSSR count). The maximum Gasteiger partial charge on any atom is 0.232 e. The van der Waals surface area contributed by atoms with Crippen LogP contribution in [0.3, 0.4) is 0 Å². The molecule has 2 aromatic heterocycles. The summed E-state index contributed by atoms with van der Waals surface area (Å²) in [5, 5.41) is 0.457. The van der Waals surface area contributed by atoms with Gasteiger partial charge in [0.05, 0.1) is 6.20 Å². The van der Waals surface area contributed by atoms with Gasteiger partial charge in [0.1, 0.15) is 15.1 Å². The first-order valence-electron chi connectivity index (χ1n) is 6.80. The second kappa shape index (κ2) is 6.07. The zero-order valence-corrected chi connectivity index (χ0v) is 14.9. The molecule has 0 saturated carbocycles. The van der Waals surface area contributed by atoms with Gasteiger partial charge in [0.25, 0.3) is 0 Å². The molecule has 0 bridgehead atoms. The number of halogens is 1. The van der Waals surface area contributed by atoms with Crippen LogP contribution in [0.2, 0.25) is 4.34 Å². The van der Waals surface area contributed by atoms with Crippen molar-refractivity contribution in [2.75, 3.05) is 0 Å². The molecule has 0 aliphatic carbocycles. The van der Waals surface area contributed by atoms with Crippen LogP contribution in [0.5, 0.6) is 0 Å². The lowest BCUT2D eigenvalue weighted by molar-refractivity contribution is 0.583. The average Bonchev–Trinajstić information content (AvgIpc) is 3.06. The maximum absolute atomic E-state index is 12.7. The lowest BCUT2D eigenvalue weighted by Crippen LogP contribution is -2.12. The first kappa shape index (κ1) is 16.2. The highest BCUT2D eigenvalue weighted by atomic mass is 35.5. The van der Waals surface area contributed by atoms with Crippen LogP contribution in [-0.4, -0.2) is 23.0 Å². The largest absolute Gasteiger partial charge is 0.291 e. The van der Waals surface area contributed by atoms with Crippen molar-refractivity contribution < 1.29 is 8.42 Å². The number of aryl methyl sites for hydroxylation is 2. The summed E-state index contributed by atoms with van der Waals surface area (Å²) in [5.74, 6) is -0.216. The fourth-order valence-electron chi connectivity index (χ4n) is 2.39. The molecule has 0 aliphatic rings. The minimum atomic E-state index is -3.62. The SMILES string of the molecule is Cc1cc(C)cc(-n2ccnc2S(=O)(=O)Cc2ncc(Cl)s2)c1. The molecule has 0 unspecified atom stereocenters. The van der Waals surface area contributed by atoms with Crippen LogP contribution in [-0.2, 0) is 15.6 Å². The third-order valence-corrected chi connectivity index (χ3v) is 6.02. The van der Waals surface area contributed by atoms with Gasteiger partial charge in [-0.1, -0.05) is 17.7 Å². The number of rotatable bonds is 4. The highest BCUT2D eigenvalue weighted by Crippen LogP contribution is 2.24. The van der Waals surface area contributed by atoms with Crippen LogP contribution in [0.4, 0.5) is 0 Å². The van der Waals surface area contributed by atoms with Crippen molar-refractivity contribution in [3.05, 3.63) is 57.3 Å². The van der Waals surface area contributed by atoms with Crippen LogP contribution >= 0.6 is 22.9 Å². The zero-order valence-electron chi connectivity index (χ0n) is 12.5. The minimum absolute atomic E-state index is 0.00817. The smallest absolute Gasteiger partial charge is 0.232 e. The average molecular weight is 368 g/mol. The summed E-state index contributed by atoms with van der Waals surface area (Å²) in [5.41, 5.74) is 2.89. The molecule has 0 spiro atoms. The predicted octanol–water partition coefficient (Wildman–Crippen LogP) is 3.57. The number of nitrogens with zero attached hydrogens (tertiary/aromatic N) is 3. The summed E-state index contributed by atoms with van der Waals surface area (Å²) in [6.45, 7) is 3.94. The van der Waals surface area contributed by atoms with E-state index in [9.17, 15) is 8.42 Å². The molecule has 0 fully saturated rings. The summed E-state index contributed by atoms with van der Waals surface area (Å²) in [6, 6.07) is 5.88. The quantitative estimate of drug-likeness (QED) is 0.707. The number of thiazole rings is 1. The zero-order chi connectivity index (χ0) is 16.6. The molecule has 0 amide bonds. The molecule has 0 radical (unpaired) electrons. The van der Waals surface area contributed by atoms with E-state index in [4.69, 9.17) is 11.6 Å². The van der Waals surface area contributed by atoms with Gasteiger partial charge in [-0.3, -0.25) is 4.57 Å². The standard InChI is InChI=1S/C15H14ClN3O2S2/c1-10-5-11(2)7-12(6-10)19-4-3-17-15(19)23(20,21)9-14-18-8-13(16)22-14/h3-8H,9H2,1-2H3. The van der Waals surface area contributed by atoms with Crippen LogP contribution in [0.15, 0.2) is 41.9 Å². The van der Waals surface area contributed by atoms with Crippen molar-refractivity contribution in [3.63, 3.8) is 0 Å². The lowest BCUT2D eigenvalue weighted by atomic mass is 10.1. The molecule has 0 aliphatic heterocycles. The summed E-state index contributed by atoms with van der Waals surface area (Å²) in [4.78, 5) is 8.06. The van der Waals surface area contributed by atoms with E-state index in [2.05, 4.69) is 9.97 Å². The Morgan fingerprint density at radius 2 is 1.87 bits per heavy atom.